The first-order valence-electron chi connectivity index (χ1n) is 8.90. The van der Waals surface area contributed by atoms with Crippen molar-refractivity contribution in [2.75, 3.05) is 19.6 Å². The fourth-order valence-corrected chi connectivity index (χ4v) is 3.75. The molecule has 2 N–H and O–H groups in total. The molecule has 1 aromatic rings. The van der Waals surface area contributed by atoms with E-state index < -0.39 is 12.1 Å². The number of carbonyl (C=O) groups excluding carboxylic acids is 1. The topological polar surface area (TPSA) is 69.6 Å². The molecule has 27 heavy (non-hydrogen) atoms. The molecule has 0 atom stereocenters. The predicted molar refractivity (Wildman–Crippen MR) is 94.2 cm³/mol. The molecule has 1 aromatic carbocycles. The Hall–Kier alpha value is -2.09. The quantitative estimate of drug-likeness (QED) is 0.820. The summed E-state index contributed by atoms with van der Waals surface area (Å²) in [5.74, 6) is -2.46. The smallest absolute Gasteiger partial charge is 0.475 e. The average Bonchev–Trinajstić information content (AvgIpc) is 2.89. The van der Waals surface area contributed by atoms with Crippen LogP contribution in [0.3, 0.4) is 0 Å². The van der Waals surface area contributed by atoms with Gasteiger partial charge in [0.25, 0.3) is 0 Å². The number of benzene rings is 1. The zero-order chi connectivity index (χ0) is 20.2. The molecule has 0 unspecified atom stereocenters. The molecule has 1 amide bonds. The zero-order valence-electron chi connectivity index (χ0n) is 15.5. The highest BCUT2D eigenvalue weighted by Crippen LogP contribution is 2.38. The summed E-state index contributed by atoms with van der Waals surface area (Å²) in [6, 6.07) is 6.77. The standard InChI is InChI=1S/C17H24N2O.C2HF3O2/c1-13-9-14(2)11-15(10-13)12-19-7-4-17(5-8-19)3-6-18-16(17)20;3-2(4,5)1(6)7/h9-11H,3-8,12H2,1-2H3,(H,18,20);(H,6,7). The molecule has 150 valence electrons. The number of hydrogen-bond donors (Lipinski definition) is 2. The van der Waals surface area contributed by atoms with Crippen LogP contribution in [0.2, 0.25) is 0 Å². The molecule has 0 radical (unpaired) electrons. The van der Waals surface area contributed by atoms with E-state index in [2.05, 4.69) is 42.3 Å². The van der Waals surface area contributed by atoms with Crippen LogP contribution in [0.5, 0.6) is 0 Å². The van der Waals surface area contributed by atoms with Gasteiger partial charge in [0.05, 0.1) is 5.41 Å². The third-order valence-corrected chi connectivity index (χ3v) is 5.11. The van der Waals surface area contributed by atoms with Crippen molar-refractivity contribution in [2.24, 2.45) is 5.41 Å². The number of aryl methyl sites for hydroxylation is 2. The van der Waals surface area contributed by atoms with E-state index in [1.165, 1.54) is 16.7 Å². The second kappa shape index (κ2) is 8.29. The lowest BCUT2D eigenvalue weighted by molar-refractivity contribution is -0.192. The largest absolute Gasteiger partial charge is 0.490 e. The van der Waals surface area contributed by atoms with Crippen LogP contribution >= 0.6 is 0 Å². The van der Waals surface area contributed by atoms with Gasteiger partial charge in [0.2, 0.25) is 5.91 Å². The highest BCUT2D eigenvalue weighted by Gasteiger charge is 2.44. The summed E-state index contributed by atoms with van der Waals surface area (Å²) in [6.45, 7) is 8.28. The Morgan fingerprint density at radius 1 is 1.15 bits per heavy atom. The Morgan fingerprint density at radius 3 is 2.07 bits per heavy atom. The number of halogens is 3. The minimum Gasteiger partial charge on any atom is -0.475 e. The van der Waals surface area contributed by atoms with Crippen molar-refractivity contribution in [2.45, 2.75) is 45.8 Å². The van der Waals surface area contributed by atoms with Crippen molar-refractivity contribution < 1.29 is 27.9 Å². The number of amides is 1. The summed E-state index contributed by atoms with van der Waals surface area (Å²) < 4.78 is 31.7. The number of carbonyl (C=O) groups is 2. The number of rotatable bonds is 2. The highest BCUT2D eigenvalue weighted by atomic mass is 19.4. The van der Waals surface area contributed by atoms with Crippen LogP contribution in [0.1, 0.15) is 36.0 Å². The second-order valence-corrected chi connectivity index (χ2v) is 7.36. The molecule has 0 saturated carbocycles. The van der Waals surface area contributed by atoms with E-state index in [0.29, 0.717) is 5.91 Å². The van der Waals surface area contributed by atoms with Crippen LogP contribution < -0.4 is 5.32 Å². The number of nitrogens with one attached hydrogen (secondary N) is 1. The van der Waals surface area contributed by atoms with Crippen molar-refractivity contribution in [3.8, 4) is 0 Å². The van der Waals surface area contributed by atoms with E-state index in [-0.39, 0.29) is 5.41 Å². The van der Waals surface area contributed by atoms with Gasteiger partial charge in [-0.1, -0.05) is 29.3 Å². The molecule has 0 aliphatic carbocycles. The van der Waals surface area contributed by atoms with Gasteiger partial charge in [0, 0.05) is 13.1 Å². The Kier molecular flexibility index (Phi) is 6.51. The number of carboxylic acid groups (broad SMARTS) is 1. The first-order chi connectivity index (χ1) is 12.5. The van der Waals surface area contributed by atoms with E-state index in [0.717, 1.165) is 45.4 Å². The number of nitrogens with zero attached hydrogens (tertiary/aromatic N) is 1. The first-order valence-corrected chi connectivity index (χ1v) is 8.90. The van der Waals surface area contributed by atoms with E-state index in [1.807, 2.05) is 0 Å². The van der Waals surface area contributed by atoms with Gasteiger partial charge in [0.15, 0.2) is 0 Å². The third kappa shape index (κ3) is 5.69. The van der Waals surface area contributed by atoms with E-state index in [4.69, 9.17) is 9.90 Å². The molecule has 5 nitrogen and oxygen atoms in total. The third-order valence-electron chi connectivity index (χ3n) is 5.11. The molecule has 2 heterocycles. The highest BCUT2D eigenvalue weighted by molar-refractivity contribution is 5.84. The first kappa shape index (κ1) is 21.2. The number of piperidine rings is 1. The number of alkyl halides is 3. The van der Waals surface area contributed by atoms with E-state index in [1.54, 1.807) is 0 Å². The molecule has 2 aliphatic rings. The fraction of sp³-hybridized carbons (Fsp3) is 0.579. The summed E-state index contributed by atoms with van der Waals surface area (Å²) >= 11 is 0. The van der Waals surface area contributed by atoms with Crippen molar-refractivity contribution in [1.29, 1.82) is 0 Å². The zero-order valence-corrected chi connectivity index (χ0v) is 15.5. The van der Waals surface area contributed by atoms with Crippen LogP contribution in [-0.2, 0) is 16.1 Å². The van der Waals surface area contributed by atoms with Crippen LogP contribution in [0.25, 0.3) is 0 Å². The van der Waals surface area contributed by atoms with Crippen molar-refractivity contribution >= 4 is 11.9 Å². The molecule has 2 saturated heterocycles. The molecular formula is C19H25F3N2O3. The maximum Gasteiger partial charge on any atom is 0.490 e. The lowest BCUT2D eigenvalue weighted by Crippen LogP contribution is -2.43. The molecule has 3 rings (SSSR count). The Bertz CT molecular complexity index is 676. The summed E-state index contributed by atoms with van der Waals surface area (Å²) in [7, 11) is 0. The number of aliphatic carboxylic acids is 1. The summed E-state index contributed by atoms with van der Waals surface area (Å²) in [4.78, 5) is 23.4. The lowest BCUT2D eigenvalue weighted by Gasteiger charge is -2.37. The number of hydrogen-bond acceptors (Lipinski definition) is 3. The SMILES string of the molecule is Cc1cc(C)cc(CN2CCC3(CCNC3=O)CC2)c1.O=C(O)C(F)(F)F. The van der Waals surface area contributed by atoms with Crippen LogP contribution in [0, 0.1) is 19.3 Å². The lowest BCUT2D eigenvalue weighted by atomic mass is 9.77. The van der Waals surface area contributed by atoms with Crippen LogP contribution in [-0.4, -0.2) is 47.7 Å². The Balaban J connectivity index is 0.000000321. The van der Waals surface area contributed by atoms with E-state index in [9.17, 15) is 18.0 Å². The number of likely N-dealkylation sites (tertiary alicyclic amines) is 1. The van der Waals surface area contributed by atoms with Gasteiger partial charge in [-0.15, -0.1) is 0 Å². The number of carboxylic acids is 1. The van der Waals surface area contributed by atoms with Crippen molar-refractivity contribution in [3.05, 3.63) is 34.9 Å². The predicted octanol–water partition coefficient (Wildman–Crippen LogP) is 3.04. The molecule has 2 fully saturated rings. The molecule has 1 spiro atoms. The van der Waals surface area contributed by atoms with Gasteiger partial charge in [0.1, 0.15) is 0 Å². The molecule has 0 bridgehead atoms. The van der Waals surface area contributed by atoms with Crippen LogP contribution in [0.15, 0.2) is 18.2 Å². The Morgan fingerprint density at radius 2 is 1.67 bits per heavy atom. The minimum absolute atomic E-state index is 0.0426. The average molecular weight is 386 g/mol. The normalized spacial score (nSPS) is 19.4. The summed E-state index contributed by atoms with van der Waals surface area (Å²) in [5.41, 5.74) is 4.03. The maximum absolute atomic E-state index is 12.0. The molecular weight excluding hydrogens is 361 g/mol. The monoisotopic (exact) mass is 386 g/mol. The fourth-order valence-electron chi connectivity index (χ4n) is 3.75. The maximum atomic E-state index is 12.0. The van der Waals surface area contributed by atoms with Gasteiger partial charge in [-0.05, 0) is 51.8 Å². The van der Waals surface area contributed by atoms with Gasteiger partial charge < -0.3 is 10.4 Å². The van der Waals surface area contributed by atoms with Gasteiger partial charge in [-0.2, -0.15) is 13.2 Å². The van der Waals surface area contributed by atoms with E-state index >= 15 is 0 Å². The minimum atomic E-state index is -5.08. The molecule has 2 aliphatic heterocycles. The Labute approximate surface area is 156 Å². The second-order valence-electron chi connectivity index (χ2n) is 7.36. The van der Waals surface area contributed by atoms with Crippen molar-refractivity contribution in [1.82, 2.24) is 10.2 Å². The van der Waals surface area contributed by atoms with Gasteiger partial charge >= 0.3 is 12.1 Å². The van der Waals surface area contributed by atoms with Crippen LogP contribution in [0.4, 0.5) is 13.2 Å². The summed E-state index contributed by atoms with van der Waals surface area (Å²) in [5, 5.41) is 10.1. The summed E-state index contributed by atoms with van der Waals surface area (Å²) in [6.07, 6.45) is -2.02. The molecule has 8 heteroatoms. The van der Waals surface area contributed by atoms with Gasteiger partial charge in [-0.25, -0.2) is 4.79 Å². The molecule has 0 aromatic heterocycles. The van der Waals surface area contributed by atoms with Crippen molar-refractivity contribution in [3.63, 3.8) is 0 Å². The van der Waals surface area contributed by atoms with Gasteiger partial charge in [-0.3, -0.25) is 9.69 Å².